The average Bonchev–Trinajstić information content (AvgIpc) is 2.83. The third-order valence-electron chi connectivity index (χ3n) is 5.86. The van der Waals surface area contributed by atoms with Gasteiger partial charge in [-0.25, -0.2) is 8.42 Å². The standard InChI is InChI=1S/C24H31N3O5S/c1-26(2)23(28)17-32-21-13-11-19(12-14-21)25-24(29)18-9-15-22(16-10-18)33(30,31)27(3)20-7-5-4-6-8-20/h9-16,20H,4-8,17H2,1-3H3,(H,25,29). The third-order valence-corrected chi connectivity index (χ3v) is 7.78. The molecule has 9 heteroatoms. The maximum Gasteiger partial charge on any atom is 0.259 e. The first-order chi connectivity index (χ1) is 15.7. The minimum atomic E-state index is -3.60. The first-order valence-corrected chi connectivity index (χ1v) is 12.4. The molecule has 1 aliphatic rings. The van der Waals surface area contributed by atoms with E-state index in [0.717, 1.165) is 32.1 Å². The Kier molecular flexibility index (Phi) is 8.10. The summed E-state index contributed by atoms with van der Waals surface area (Å²) in [6.07, 6.45) is 5.01. The summed E-state index contributed by atoms with van der Waals surface area (Å²) in [5.74, 6) is 0.0126. The molecule has 1 fully saturated rings. The molecular weight excluding hydrogens is 442 g/mol. The van der Waals surface area contributed by atoms with Gasteiger partial charge in [0.15, 0.2) is 6.61 Å². The molecule has 0 aliphatic heterocycles. The summed E-state index contributed by atoms with van der Waals surface area (Å²) in [7, 11) is 1.34. The summed E-state index contributed by atoms with van der Waals surface area (Å²) < 4.78 is 32.8. The van der Waals surface area contributed by atoms with E-state index in [0.29, 0.717) is 17.0 Å². The maximum absolute atomic E-state index is 13.0. The molecule has 0 unspecified atom stereocenters. The number of ether oxygens (including phenoxy) is 1. The van der Waals surface area contributed by atoms with Gasteiger partial charge in [-0.3, -0.25) is 9.59 Å². The van der Waals surface area contributed by atoms with Gasteiger partial charge in [-0.15, -0.1) is 0 Å². The number of hydrogen-bond donors (Lipinski definition) is 1. The van der Waals surface area contributed by atoms with Crippen molar-refractivity contribution in [1.82, 2.24) is 9.21 Å². The molecule has 2 aromatic rings. The van der Waals surface area contributed by atoms with Crippen LogP contribution in [0.2, 0.25) is 0 Å². The van der Waals surface area contributed by atoms with E-state index in [1.807, 2.05) is 0 Å². The van der Waals surface area contributed by atoms with Crippen LogP contribution < -0.4 is 10.1 Å². The second-order valence-electron chi connectivity index (χ2n) is 8.39. The normalized spacial score (nSPS) is 14.7. The zero-order valence-corrected chi connectivity index (χ0v) is 20.1. The SMILES string of the molecule is CN(C)C(=O)COc1ccc(NC(=O)c2ccc(S(=O)(=O)N(C)C3CCCCC3)cc2)cc1. The molecular formula is C24H31N3O5S. The van der Waals surface area contributed by atoms with Gasteiger partial charge in [0.1, 0.15) is 5.75 Å². The second-order valence-corrected chi connectivity index (χ2v) is 10.4. The van der Waals surface area contributed by atoms with Gasteiger partial charge in [0.05, 0.1) is 4.90 Å². The van der Waals surface area contributed by atoms with Crippen molar-refractivity contribution in [2.45, 2.75) is 43.0 Å². The number of amides is 2. The minimum absolute atomic E-state index is 0.0275. The number of carbonyl (C=O) groups excluding carboxylic acids is 2. The predicted molar refractivity (Wildman–Crippen MR) is 127 cm³/mol. The molecule has 33 heavy (non-hydrogen) atoms. The van der Waals surface area contributed by atoms with Crippen LogP contribution >= 0.6 is 0 Å². The Morgan fingerprint density at radius 2 is 1.55 bits per heavy atom. The van der Waals surface area contributed by atoms with Crippen molar-refractivity contribution in [2.24, 2.45) is 0 Å². The summed E-state index contributed by atoms with van der Waals surface area (Å²) >= 11 is 0. The Bertz CT molecular complexity index is 1060. The number of sulfonamides is 1. The van der Waals surface area contributed by atoms with Crippen molar-refractivity contribution in [3.05, 3.63) is 54.1 Å². The smallest absolute Gasteiger partial charge is 0.259 e. The van der Waals surface area contributed by atoms with E-state index in [4.69, 9.17) is 4.74 Å². The van der Waals surface area contributed by atoms with Gasteiger partial charge in [-0.2, -0.15) is 4.31 Å². The van der Waals surface area contributed by atoms with Crippen molar-refractivity contribution in [1.29, 1.82) is 0 Å². The van der Waals surface area contributed by atoms with Crippen molar-refractivity contribution >= 4 is 27.5 Å². The van der Waals surface area contributed by atoms with Gasteiger partial charge >= 0.3 is 0 Å². The van der Waals surface area contributed by atoms with E-state index in [-0.39, 0.29) is 29.4 Å². The molecule has 8 nitrogen and oxygen atoms in total. The van der Waals surface area contributed by atoms with Crippen molar-refractivity contribution < 1.29 is 22.7 Å². The molecule has 3 rings (SSSR count). The fourth-order valence-electron chi connectivity index (χ4n) is 3.70. The van der Waals surface area contributed by atoms with Crippen LogP contribution in [0.5, 0.6) is 5.75 Å². The van der Waals surface area contributed by atoms with Crippen LogP contribution in [0.15, 0.2) is 53.4 Å². The molecule has 0 saturated heterocycles. The summed E-state index contributed by atoms with van der Waals surface area (Å²) in [6.45, 7) is -0.0656. The lowest BCUT2D eigenvalue weighted by molar-refractivity contribution is -0.130. The monoisotopic (exact) mass is 473 g/mol. The van der Waals surface area contributed by atoms with Crippen molar-refractivity contribution in [3.63, 3.8) is 0 Å². The Morgan fingerprint density at radius 1 is 0.939 bits per heavy atom. The lowest BCUT2D eigenvalue weighted by Gasteiger charge is -2.30. The molecule has 0 heterocycles. The van der Waals surface area contributed by atoms with Gasteiger partial charge in [-0.1, -0.05) is 19.3 Å². The Morgan fingerprint density at radius 3 is 2.12 bits per heavy atom. The second kappa shape index (κ2) is 10.8. The van der Waals surface area contributed by atoms with Crippen LogP contribution in [-0.4, -0.2) is 63.2 Å². The fourth-order valence-corrected chi connectivity index (χ4v) is 5.11. The van der Waals surface area contributed by atoms with Gasteiger partial charge in [-0.05, 0) is 61.4 Å². The molecule has 1 N–H and O–H groups in total. The average molecular weight is 474 g/mol. The topological polar surface area (TPSA) is 96.0 Å². The number of benzene rings is 2. The predicted octanol–water partition coefficient (Wildman–Crippen LogP) is 3.36. The van der Waals surface area contributed by atoms with Crippen LogP contribution in [0.3, 0.4) is 0 Å². The number of carbonyl (C=O) groups is 2. The maximum atomic E-state index is 13.0. The Hall–Kier alpha value is -2.91. The van der Waals surface area contributed by atoms with Crippen LogP contribution in [-0.2, 0) is 14.8 Å². The summed E-state index contributed by atoms with van der Waals surface area (Å²) in [5.41, 5.74) is 0.909. The van der Waals surface area contributed by atoms with Crippen LogP contribution in [0.4, 0.5) is 5.69 Å². The van der Waals surface area contributed by atoms with Crippen LogP contribution in [0, 0.1) is 0 Å². The van der Waals surface area contributed by atoms with Crippen molar-refractivity contribution in [2.75, 3.05) is 33.1 Å². The zero-order chi connectivity index (χ0) is 24.0. The molecule has 0 aromatic heterocycles. The number of nitrogens with zero attached hydrogens (tertiary/aromatic N) is 2. The summed E-state index contributed by atoms with van der Waals surface area (Å²) in [6, 6.07) is 12.7. The molecule has 0 atom stereocenters. The van der Waals surface area contributed by atoms with Gasteiger partial charge in [0.25, 0.3) is 11.8 Å². The molecule has 2 aromatic carbocycles. The first kappa shape index (κ1) is 24.7. The molecule has 2 amide bonds. The number of hydrogen-bond acceptors (Lipinski definition) is 5. The first-order valence-electron chi connectivity index (χ1n) is 11.0. The van der Waals surface area contributed by atoms with E-state index < -0.39 is 10.0 Å². The molecule has 0 bridgehead atoms. The van der Waals surface area contributed by atoms with Gasteiger partial charge in [0, 0.05) is 38.4 Å². The largest absolute Gasteiger partial charge is 0.484 e. The summed E-state index contributed by atoms with van der Waals surface area (Å²) in [5, 5.41) is 2.77. The van der Waals surface area contributed by atoms with E-state index >= 15 is 0 Å². The third kappa shape index (κ3) is 6.33. The number of nitrogens with one attached hydrogen (secondary N) is 1. The Balaban J connectivity index is 1.60. The van der Waals surface area contributed by atoms with Crippen LogP contribution in [0.25, 0.3) is 0 Å². The van der Waals surface area contributed by atoms with E-state index in [1.54, 1.807) is 45.4 Å². The number of anilines is 1. The highest BCUT2D eigenvalue weighted by Gasteiger charge is 2.29. The van der Waals surface area contributed by atoms with Gasteiger partial charge < -0.3 is 15.0 Å². The fraction of sp³-hybridized carbons (Fsp3) is 0.417. The molecule has 1 saturated carbocycles. The summed E-state index contributed by atoms with van der Waals surface area (Å²) in [4.78, 5) is 25.8. The van der Waals surface area contributed by atoms with E-state index in [1.165, 1.54) is 33.5 Å². The molecule has 0 radical (unpaired) electrons. The lowest BCUT2D eigenvalue weighted by Crippen LogP contribution is -2.38. The van der Waals surface area contributed by atoms with Crippen molar-refractivity contribution in [3.8, 4) is 5.75 Å². The minimum Gasteiger partial charge on any atom is -0.484 e. The molecule has 178 valence electrons. The van der Waals surface area contributed by atoms with E-state index in [2.05, 4.69) is 5.32 Å². The highest BCUT2D eigenvalue weighted by Crippen LogP contribution is 2.26. The van der Waals surface area contributed by atoms with Crippen LogP contribution in [0.1, 0.15) is 42.5 Å². The number of rotatable bonds is 8. The highest BCUT2D eigenvalue weighted by molar-refractivity contribution is 7.89. The number of likely N-dealkylation sites (N-methyl/N-ethyl adjacent to an activating group) is 1. The molecule has 0 spiro atoms. The lowest BCUT2D eigenvalue weighted by atomic mass is 9.96. The van der Waals surface area contributed by atoms with Gasteiger partial charge in [0.2, 0.25) is 10.0 Å². The van der Waals surface area contributed by atoms with E-state index in [9.17, 15) is 18.0 Å². The Labute approximate surface area is 195 Å². The zero-order valence-electron chi connectivity index (χ0n) is 19.3. The quantitative estimate of drug-likeness (QED) is 0.634. The molecule has 1 aliphatic carbocycles. The highest BCUT2D eigenvalue weighted by atomic mass is 32.2.